The van der Waals surface area contributed by atoms with Crippen molar-refractivity contribution in [3.05, 3.63) is 11.4 Å². The van der Waals surface area contributed by atoms with Crippen molar-refractivity contribution in [1.29, 1.82) is 0 Å². The first kappa shape index (κ1) is 12.1. The monoisotopic (exact) mass is 264 g/mol. The molecule has 2 aliphatic rings. The number of rotatable bonds is 4. The molecule has 18 heavy (non-hydrogen) atoms. The van der Waals surface area contributed by atoms with Crippen molar-refractivity contribution in [3.63, 3.8) is 0 Å². The van der Waals surface area contributed by atoms with E-state index in [9.17, 15) is 0 Å². The summed E-state index contributed by atoms with van der Waals surface area (Å²) in [6, 6.07) is 0. The van der Waals surface area contributed by atoms with Gasteiger partial charge in [0.15, 0.2) is 0 Å². The standard InChI is InChI=1S/C13H20N4S/c1-8-11(14)16-13(10-2-3-10)17-12(8)15-6-9-4-5-18-7-9/h9-10H,2-7H2,1H3,(H3,14,15,16,17). The van der Waals surface area contributed by atoms with E-state index in [-0.39, 0.29) is 0 Å². The van der Waals surface area contributed by atoms with Gasteiger partial charge in [0.25, 0.3) is 0 Å². The molecule has 3 rings (SSSR count). The summed E-state index contributed by atoms with van der Waals surface area (Å²) in [4.78, 5) is 9.04. The molecule has 98 valence electrons. The zero-order valence-corrected chi connectivity index (χ0v) is 11.6. The Morgan fingerprint density at radius 1 is 1.33 bits per heavy atom. The van der Waals surface area contributed by atoms with E-state index in [1.807, 2.05) is 18.7 Å². The Morgan fingerprint density at radius 2 is 2.17 bits per heavy atom. The molecule has 0 amide bonds. The van der Waals surface area contributed by atoms with E-state index in [0.29, 0.717) is 11.7 Å². The van der Waals surface area contributed by atoms with Gasteiger partial charge in [-0.2, -0.15) is 11.8 Å². The lowest BCUT2D eigenvalue weighted by Gasteiger charge is -2.14. The van der Waals surface area contributed by atoms with Gasteiger partial charge in [-0.05, 0) is 43.6 Å². The van der Waals surface area contributed by atoms with Crippen LogP contribution in [0.5, 0.6) is 0 Å². The molecule has 1 aromatic rings. The van der Waals surface area contributed by atoms with E-state index in [1.54, 1.807) is 0 Å². The molecule has 2 heterocycles. The van der Waals surface area contributed by atoms with Crippen molar-refractivity contribution in [3.8, 4) is 0 Å². The Kier molecular flexibility index (Phi) is 3.33. The summed E-state index contributed by atoms with van der Waals surface area (Å²) in [5.74, 6) is 6.40. The summed E-state index contributed by atoms with van der Waals surface area (Å²) >= 11 is 2.05. The SMILES string of the molecule is Cc1c(N)nc(C2CC2)nc1NCC1CCSC1. The van der Waals surface area contributed by atoms with Gasteiger partial charge in [0.1, 0.15) is 17.5 Å². The van der Waals surface area contributed by atoms with Gasteiger partial charge >= 0.3 is 0 Å². The fourth-order valence-electron chi connectivity index (χ4n) is 2.23. The van der Waals surface area contributed by atoms with Crippen LogP contribution in [0.3, 0.4) is 0 Å². The Hall–Kier alpha value is -0.970. The molecule has 1 saturated carbocycles. The number of nitrogens with two attached hydrogens (primary N) is 1. The van der Waals surface area contributed by atoms with Gasteiger partial charge in [0, 0.05) is 18.0 Å². The molecule has 4 nitrogen and oxygen atoms in total. The fourth-order valence-corrected chi connectivity index (χ4v) is 3.52. The average molecular weight is 264 g/mol. The summed E-state index contributed by atoms with van der Waals surface area (Å²) in [5.41, 5.74) is 6.97. The lowest BCUT2D eigenvalue weighted by molar-refractivity contribution is 0.629. The summed E-state index contributed by atoms with van der Waals surface area (Å²) in [6.07, 6.45) is 3.73. The molecule has 1 atom stereocenters. The lowest BCUT2D eigenvalue weighted by atomic mass is 10.1. The molecule has 0 spiro atoms. The number of nitrogens with one attached hydrogen (secondary N) is 1. The minimum absolute atomic E-state index is 0.551. The highest BCUT2D eigenvalue weighted by Crippen LogP contribution is 2.39. The maximum atomic E-state index is 5.98. The van der Waals surface area contributed by atoms with Crippen molar-refractivity contribution in [1.82, 2.24) is 9.97 Å². The minimum atomic E-state index is 0.551. The summed E-state index contributed by atoms with van der Waals surface area (Å²) in [6.45, 7) is 3.01. The van der Waals surface area contributed by atoms with E-state index >= 15 is 0 Å². The van der Waals surface area contributed by atoms with Crippen LogP contribution in [-0.4, -0.2) is 28.0 Å². The first-order chi connectivity index (χ1) is 8.74. The molecule has 1 aromatic heterocycles. The van der Waals surface area contributed by atoms with E-state index < -0.39 is 0 Å². The summed E-state index contributed by atoms with van der Waals surface area (Å²) in [5, 5.41) is 3.47. The number of nitrogens with zero attached hydrogens (tertiary/aromatic N) is 2. The van der Waals surface area contributed by atoms with E-state index in [0.717, 1.165) is 29.7 Å². The lowest BCUT2D eigenvalue weighted by Crippen LogP contribution is -2.16. The van der Waals surface area contributed by atoms with Gasteiger partial charge in [-0.15, -0.1) is 0 Å². The number of nitrogen functional groups attached to an aromatic ring is 1. The zero-order chi connectivity index (χ0) is 12.5. The molecular formula is C13H20N4S. The van der Waals surface area contributed by atoms with Crippen LogP contribution in [0.4, 0.5) is 11.6 Å². The summed E-state index contributed by atoms with van der Waals surface area (Å²) < 4.78 is 0. The maximum Gasteiger partial charge on any atom is 0.136 e. The minimum Gasteiger partial charge on any atom is -0.383 e. The molecular weight excluding hydrogens is 244 g/mol. The molecule has 1 aliphatic heterocycles. The third-order valence-corrected chi connectivity index (χ3v) is 4.96. The van der Waals surface area contributed by atoms with Crippen molar-refractivity contribution >= 4 is 23.4 Å². The van der Waals surface area contributed by atoms with Crippen molar-refractivity contribution in [2.75, 3.05) is 29.1 Å². The highest BCUT2D eigenvalue weighted by molar-refractivity contribution is 7.99. The molecule has 2 fully saturated rings. The molecule has 1 aliphatic carbocycles. The number of anilines is 2. The predicted octanol–water partition coefficient (Wildman–Crippen LogP) is 2.41. The second-order valence-electron chi connectivity index (χ2n) is 5.33. The van der Waals surface area contributed by atoms with Crippen LogP contribution in [0.1, 0.15) is 36.6 Å². The quantitative estimate of drug-likeness (QED) is 0.874. The Labute approximate surface area is 112 Å². The van der Waals surface area contributed by atoms with Gasteiger partial charge in [-0.25, -0.2) is 9.97 Å². The van der Waals surface area contributed by atoms with E-state index in [4.69, 9.17) is 5.73 Å². The van der Waals surface area contributed by atoms with Gasteiger partial charge < -0.3 is 11.1 Å². The zero-order valence-electron chi connectivity index (χ0n) is 10.8. The van der Waals surface area contributed by atoms with Crippen LogP contribution in [0, 0.1) is 12.8 Å². The van der Waals surface area contributed by atoms with E-state index in [2.05, 4.69) is 15.3 Å². The van der Waals surface area contributed by atoms with Gasteiger partial charge in [-0.1, -0.05) is 0 Å². The second-order valence-corrected chi connectivity index (χ2v) is 6.48. The highest BCUT2D eigenvalue weighted by atomic mass is 32.2. The third-order valence-electron chi connectivity index (χ3n) is 3.73. The van der Waals surface area contributed by atoms with Gasteiger partial charge in [0.2, 0.25) is 0 Å². The van der Waals surface area contributed by atoms with Crippen molar-refractivity contribution in [2.24, 2.45) is 5.92 Å². The predicted molar refractivity (Wildman–Crippen MR) is 77.1 cm³/mol. The largest absolute Gasteiger partial charge is 0.383 e. The smallest absolute Gasteiger partial charge is 0.136 e. The molecule has 0 aromatic carbocycles. The first-order valence-electron chi connectivity index (χ1n) is 6.69. The number of thioether (sulfide) groups is 1. The number of aromatic nitrogens is 2. The van der Waals surface area contributed by atoms with Crippen LogP contribution >= 0.6 is 11.8 Å². The van der Waals surface area contributed by atoms with E-state index in [1.165, 1.54) is 30.8 Å². The van der Waals surface area contributed by atoms with Crippen LogP contribution in [-0.2, 0) is 0 Å². The van der Waals surface area contributed by atoms with Crippen LogP contribution in [0.2, 0.25) is 0 Å². The molecule has 0 radical (unpaired) electrons. The maximum absolute atomic E-state index is 5.98. The highest BCUT2D eigenvalue weighted by Gasteiger charge is 2.28. The molecule has 1 saturated heterocycles. The van der Waals surface area contributed by atoms with Crippen LogP contribution < -0.4 is 11.1 Å². The first-order valence-corrected chi connectivity index (χ1v) is 7.85. The Balaban J connectivity index is 1.72. The summed E-state index contributed by atoms with van der Waals surface area (Å²) in [7, 11) is 0. The number of hydrogen-bond acceptors (Lipinski definition) is 5. The Bertz CT molecular complexity index is 439. The van der Waals surface area contributed by atoms with Gasteiger partial charge in [-0.3, -0.25) is 0 Å². The second kappa shape index (κ2) is 4.96. The normalized spacial score (nSPS) is 23.3. The number of hydrogen-bond donors (Lipinski definition) is 2. The molecule has 5 heteroatoms. The van der Waals surface area contributed by atoms with Crippen molar-refractivity contribution < 1.29 is 0 Å². The van der Waals surface area contributed by atoms with Crippen LogP contribution in [0.25, 0.3) is 0 Å². The topological polar surface area (TPSA) is 63.8 Å². The molecule has 3 N–H and O–H groups in total. The Morgan fingerprint density at radius 3 is 2.83 bits per heavy atom. The van der Waals surface area contributed by atoms with Crippen molar-refractivity contribution in [2.45, 2.75) is 32.1 Å². The fraction of sp³-hybridized carbons (Fsp3) is 0.692. The average Bonchev–Trinajstić information content (AvgIpc) is 3.08. The third kappa shape index (κ3) is 2.55. The van der Waals surface area contributed by atoms with Crippen LogP contribution in [0.15, 0.2) is 0 Å². The van der Waals surface area contributed by atoms with Gasteiger partial charge in [0.05, 0.1) is 0 Å². The molecule has 1 unspecified atom stereocenters. The molecule has 0 bridgehead atoms.